The Morgan fingerprint density at radius 2 is 2.36 bits per heavy atom. The van der Waals surface area contributed by atoms with Gasteiger partial charge in [0.25, 0.3) is 0 Å². The maximum atomic E-state index is 12.2. The molecule has 3 rings (SSSR count). The number of para-hydroxylation sites is 1. The normalized spacial score (nSPS) is 18.3. The molecule has 0 saturated carbocycles. The summed E-state index contributed by atoms with van der Waals surface area (Å²) < 4.78 is 5.45. The molecular formula is C15H18N4O2S. The molecule has 6 nitrogen and oxygen atoms in total. The number of carbonyl (C=O) groups is 1. The zero-order chi connectivity index (χ0) is 15.4. The Bertz CT molecular complexity index is 632. The largest absolute Gasteiger partial charge is 0.496 e. The Kier molecular flexibility index (Phi) is 4.65. The van der Waals surface area contributed by atoms with Crippen molar-refractivity contribution in [3.8, 4) is 5.75 Å². The molecule has 1 fully saturated rings. The number of hydrogen-bond donors (Lipinski definition) is 1. The topological polar surface area (TPSA) is 67.3 Å². The molecule has 0 radical (unpaired) electrons. The van der Waals surface area contributed by atoms with E-state index in [2.05, 4.69) is 26.5 Å². The summed E-state index contributed by atoms with van der Waals surface area (Å²) in [6.07, 6.45) is 2.11. The molecule has 2 aromatic rings. The van der Waals surface area contributed by atoms with Crippen LogP contribution in [0.1, 0.15) is 24.4 Å². The van der Waals surface area contributed by atoms with E-state index in [0.29, 0.717) is 11.7 Å². The van der Waals surface area contributed by atoms with E-state index in [1.807, 2.05) is 18.2 Å². The number of benzene rings is 1. The first kappa shape index (κ1) is 14.9. The van der Waals surface area contributed by atoms with Crippen molar-refractivity contribution in [2.24, 2.45) is 0 Å². The van der Waals surface area contributed by atoms with Crippen molar-refractivity contribution in [3.05, 3.63) is 35.3 Å². The molecule has 1 amide bonds. The number of nitrogens with one attached hydrogen (secondary N) is 1. The second-order valence-corrected chi connectivity index (χ2v) is 6.00. The third-order valence-corrected chi connectivity index (χ3v) is 4.42. The first-order chi connectivity index (χ1) is 10.8. The van der Waals surface area contributed by atoms with Gasteiger partial charge in [-0.15, -0.1) is 10.2 Å². The van der Waals surface area contributed by atoms with Crippen molar-refractivity contribution in [2.75, 3.05) is 25.5 Å². The van der Waals surface area contributed by atoms with Gasteiger partial charge in [0.05, 0.1) is 13.7 Å². The van der Waals surface area contributed by atoms with Gasteiger partial charge in [0.2, 0.25) is 11.0 Å². The highest BCUT2D eigenvalue weighted by atomic mass is 32.1. The van der Waals surface area contributed by atoms with E-state index in [0.717, 1.165) is 30.7 Å². The molecular weight excluding hydrogens is 300 g/mol. The number of ether oxygens (including phenoxy) is 1. The summed E-state index contributed by atoms with van der Waals surface area (Å²) in [4.78, 5) is 14.3. The number of carbonyl (C=O) groups excluding carboxylic acids is 1. The quantitative estimate of drug-likeness (QED) is 0.916. The molecule has 0 aliphatic carbocycles. The number of likely N-dealkylation sites (tertiary alicyclic amines) is 1. The highest BCUT2D eigenvalue weighted by Gasteiger charge is 2.29. The standard InChI is InChI=1S/C15H18N4O2S/c1-21-13-7-3-2-5-11(13)12-6-4-8-19(12)9-14(20)17-15-18-16-10-22-15/h2-3,5,7,10,12H,4,6,8-9H2,1H3,(H,17,18,20). The highest BCUT2D eigenvalue weighted by molar-refractivity contribution is 7.13. The molecule has 2 heterocycles. The highest BCUT2D eigenvalue weighted by Crippen LogP contribution is 2.36. The van der Waals surface area contributed by atoms with Crippen molar-refractivity contribution in [1.29, 1.82) is 0 Å². The Morgan fingerprint density at radius 1 is 1.50 bits per heavy atom. The average Bonchev–Trinajstić information content (AvgIpc) is 3.19. The summed E-state index contributed by atoms with van der Waals surface area (Å²) in [6, 6.07) is 8.23. The van der Waals surface area contributed by atoms with Gasteiger partial charge in [0.1, 0.15) is 11.3 Å². The smallest absolute Gasteiger partial charge is 0.240 e. The Hall–Kier alpha value is -1.99. The van der Waals surface area contributed by atoms with Crippen LogP contribution in [0.4, 0.5) is 5.13 Å². The zero-order valence-electron chi connectivity index (χ0n) is 12.4. The fraction of sp³-hybridized carbons (Fsp3) is 0.400. The van der Waals surface area contributed by atoms with E-state index < -0.39 is 0 Å². The molecule has 1 atom stereocenters. The molecule has 1 unspecified atom stereocenters. The minimum atomic E-state index is -0.0569. The van der Waals surface area contributed by atoms with Crippen LogP contribution in [0.2, 0.25) is 0 Å². The molecule has 116 valence electrons. The van der Waals surface area contributed by atoms with E-state index in [9.17, 15) is 4.79 Å². The molecule has 1 aliphatic heterocycles. The third kappa shape index (κ3) is 3.26. The zero-order valence-corrected chi connectivity index (χ0v) is 13.2. The van der Waals surface area contributed by atoms with Crippen LogP contribution in [0.25, 0.3) is 0 Å². The number of rotatable bonds is 5. The number of nitrogens with zero attached hydrogens (tertiary/aromatic N) is 3. The minimum Gasteiger partial charge on any atom is -0.496 e. The molecule has 1 aliphatic rings. The van der Waals surface area contributed by atoms with Crippen molar-refractivity contribution in [3.63, 3.8) is 0 Å². The van der Waals surface area contributed by atoms with E-state index in [4.69, 9.17) is 4.74 Å². The predicted octanol–water partition coefficient (Wildman–Crippen LogP) is 2.32. The van der Waals surface area contributed by atoms with Crippen LogP contribution in [-0.4, -0.2) is 41.2 Å². The Morgan fingerprint density at radius 3 is 3.14 bits per heavy atom. The van der Waals surface area contributed by atoms with Gasteiger partial charge in [-0.2, -0.15) is 0 Å². The predicted molar refractivity (Wildman–Crippen MR) is 85.1 cm³/mol. The lowest BCUT2D eigenvalue weighted by molar-refractivity contribution is -0.117. The second kappa shape index (κ2) is 6.85. The monoisotopic (exact) mass is 318 g/mol. The van der Waals surface area contributed by atoms with Gasteiger partial charge in [-0.25, -0.2) is 0 Å². The van der Waals surface area contributed by atoms with Crippen LogP contribution in [0, 0.1) is 0 Å². The maximum Gasteiger partial charge on any atom is 0.240 e. The van der Waals surface area contributed by atoms with Crippen molar-refractivity contribution < 1.29 is 9.53 Å². The van der Waals surface area contributed by atoms with Crippen LogP contribution in [0.3, 0.4) is 0 Å². The molecule has 1 aromatic carbocycles. The van der Waals surface area contributed by atoms with E-state index in [-0.39, 0.29) is 11.9 Å². The lowest BCUT2D eigenvalue weighted by Gasteiger charge is -2.25. The first-order valence-electron chi connectivity index (χ1n) is 7.21. The fourth-order valence-electron chi connectivity index (χ4n) is 2.88. The summed E-state index contributed by atoms with van der Waals surface area (Å²) in [6.45, 7) is 1.26. The van der Waals surface area contributed by atoms with Crippen molar-refractivity contribution in [1.82, 2.24) is 15.1 Å². The first-order valence-corrected chi connectivity index (χ1v) is 8.09. The van der Waals surface area contributed by atoms with Gasteiger partial charge >= 0.3 is 0 Å². The number of anilines is 1. The van der Waals surface area contributed by atoms with Crippen LogP contribution in [-0.2, 0) is 4.79 Å². The SMILES string of the molecule is COc1ccccc1C1CCCN1CC(=O)Nc1nncs1. The summed E-state index contributed by atoms with van der Waals surface area (Å²) in [5.41, 5.74) is 2.74. The fourth-order valence-corrected chi connectivity index (χ4v) is 3.34. The molecule has 0 spiro atoms. The number of methoxy groups -OCH3 is 1. The molecule has 0 bridgehead atoms. The molecule has 1 N–H and O–H groups in total. The van der Waals surface area contributed by atoms with Crippen LogP contribution in [0.5, 0.6) is 5.75 Å². The molecule has 1 saturated heterocycles. The summed E-state index contributed by atoms with van der Waals surface area (Å²) >= 11 is 1.32. The van der Waals surface area contributed by atoms with Crippen LogP contribution >= 0.6 is 11.3 Å². The van der Waals surface area contributed by atoms with E-state index in [1.165, 1.54) is 11.3 Å². The van der Waals surface area contributed by atoms with Crippen LogP contribution < -0.4 is 10.1 Å². The lowest BCUT2D eigenvalue weighted by atomic mass is 10.0. The summed E-state index contributed by atoms with van der Waals surface area (Å²) in [5.74, 6) is 0.822. The molecule has 22 heavy (non-hydrogen) atoms. The molecule has 7 heteroatoms. The number of amides is 1. The lowest BCUT2D eigenvalue weighted by Crippen LogP contribution is -2.33. The maximum absolute atomic E-state index is 12.2. The van der Waals surface area contributed by atoms with Gasteiger partial charge in [0, 0.05) is 11.6 Å². The van der Waals surface area contributed by atoms with Gasteiger partial charge in [0.15, 0.2) is 0 Å². The van der Waals surface area contributed by atoms with E-state index >= 15 is 0 Å². The van der Waals surface area contributed by atoms with Gasteiger partial charge in [-0.05, 0) is 25.5 Å². The molecule has 1 aromatic heterocycles. The van der Waals surface area contributed by atoms with Crippen LogP contribution in [0.15, 0.2) is 29.8 Å². The summed E-state index contributed by atoms with van der Waals surface area (Å²) in [7, 11) is 1.68. The van der Waals surface area contributed by atoms with E-state index in [1.54, 1.807) is 12.6 Å². The van der Waals surface area contributed by atoms with Gasteiger partial charge in [-0.3, -0.25) is 15.0 Å². The Labute approximate surface area is 133 Å². The average molecular weight is 318 g/mol. The summed E-state index contributed by atoms with van der Waals surface area (Å²) in [5, 5.41) is 10.9. The minimum absolute atomic E-state index is 0.0569. The van der Waals surface area contributed by atoms with Crippen molar-refractivity contribution >= 4 is 22.4 Å². The second-order valence-electron chi connectivity index (χ2n) is 5.16. The Balaban J connectivity index is 1.69. The van der Waals surface area contributed by atoms with Crippen molar-refractivity contribution in [2.45, 2.75) is 18.9 Å². The van der Waals surface area contributed by atoms with Gasteiger partial charge < -0.3 is 4.74 Å². The number of hydrogen-bond acceptors (Lipinski definition) is 6. The van der Waals surface area contributed by atoms with Gasteiger partial charge in [-0.1, -0.05) is 29.5 Å². The third-order valence-electron chi connectivity index (χ3n) is 3.81. The number of aromatic nitrogens is 2.